The fourth-order valence-electron chi connectivity index (χ4n) is 4.93. The van der Waals surface area contributed by atoms with Crippen molar-refractivity contribution in [1.29, 1.82) is 0 Å². The number of hydrogen-bond acceptors (Lipinski definition) is 10. The molecule has 2 atom stereocenters. The van der Waals surface area contributed by atoms with Crippen molar-refractivity contribution in [2.75, 3.05) is 44.8 Å². The zero-order chi connectivity index (χ0) is 29.6. The molecule has 0 radical (unpaired) electrons. The zero-order valence-electron chi connectivity index (χ0n) is 23.5. The number of ether oxygens (including phenoxy) is 4. The van der Waals surface area contributed by atoms with Gasteiger partial charge in [-0.1, -0.05) is 12.1 Å². The lowest BCUT2D eigenvalue weighted by Gasteiger charge is -2.40. The van der Waals surface area contributed by atoms with Gasteiger partial charge in [-0.25, -0.2) is 14.8 Å². The molecule has 2 aliphatic rings. The summed E-state index contributed by atoms with van der Waals surface area (Å²) in [5, 5.41) is 2.98. The first-order valence-corrected chi connectivity index (χ1v) is 13.9. The van der Waals surface area contributed by atoms with E-state index in [1.54, 1.807) is 66.9 Å². The Morgan fingerprint density at radius 2 is 1.84 bits per heavy atom. The number of carbonyl (C=O) groups excluding carboxylic acids is 2. The number of imidazole rings is 1. The van der Waals surface area contributed by atoms with E-state index in [1.807, 2.05) is 29.2 Å². The van der Waals surface area contributed by atoms with E-state index in [0.29, 0.717) is 60.9 Å². The maximum absolute atomic E-state index is 13.6. The minimum absolute atomic E-state index is 0.209. The molecule has 222 valence electrons. The van der Waals surface area contributed by atoms with Gasteiger partial charge < -0.3 is 29.2 Å². The van der Waals surface area contributed by atoms with Gasteiger partial charge in [0.2, 0.25) is 11.9 Å². The standard InChI is InChI=1S/C30H31N7O6/c1-40-21-6-8-22(9-7-21)43-30(39)37-17-16-35(27-11-13-33-29(34-27)36-15-14-31-20-36)18-24(37)28(38)32-12-10-23-19-41-25-4-2-3-5-26(25)42-23/h2-9,11,13-15,20,23-24H,10,12,16-19H2,1H3,(H,32,38). The number of nitrogens with one attached hydrogen (secondary N) is 1. The molecule has 2 unspecified atom stereocenters. The van der Waals surface area contributed by atoms with Crippen LogP contribution in [-0.2, 0) is 4.79 Å². The van der Waals surface area contributed by atoms with Gasteiger partial charge in [-0.3, -0.25) is 14.3 Å². The highest BCUT2D eigenvalue weighted by Crippen LogP contribution is 2.31. The van der Waals surface area contributed by atoms with Crippen LogP contribution in [0.2, 0.25) is 0 Å². The molecule has 2 aliphatic heterocycles. The van der Waals surface area contributed by atoms with Crippen molar-refractivity contribution in [3.8, 4) is 28.9 Å². The molecule has 4 aromatic rings. The van der Waals surface area contributed by atoms with E-state index in [1.165, 1.54) is 4.90 Å². The Hall–Kier alpha value is -5.33. The SMILES string of the molecule is COc1ccc(OC(=O)N2CCN(c3ccnc(-n4ccnc4)n3)CC2C(=O)NCCC2COc3ccccc3O2)cc1. The van der Waals surface area contributed by atoms with Gasteiger partial charge >= 0.3 is 6.09 Å². The molecular weight excluding hydrogens is 554 g/mol. The molecule has 4 heterocycles. The van der Waals surface area contributed by atoms with Gasteiger partial charge in [0.1, 0.15) is 42.4 Å². The van der Waals surface area contributed by atoms with Gasteiger partial charge in [-0.05, 0) is 42.5 Å². The summed E-state index contributed by atoms with van der Waals surface area (Å²) in [7, 11) is 1.56. The molecule has 0 bridgehead atoms. The van der Waals surface area contributed by atoms with Crippen molar-refractivity contribution in [2.45, 2.75) is 18.6 Å². The Morgan fingerprint density at radius 3 is 2.63 bits per heavy atom. The number of benzene rings is 2. The first kappa shape index (κ1) is 27.8. The Balaban J connectivity index is 1.14. The summed E-state index contributed by atoms with van der Waals surface area (Å²) in [4.78, 5) is 43.4. The van der Waals surface area contributed by atoms with Crippen LogP contribution in [0.4, 0.5) is 10.6 Å². The molecule has 13 nitrogen and oxygen atoms in total. The fraction of sp³-hybridized carbons (Fsp3) is 0.300. The molecule has 2 aromatic carbocycles. The predicted molar refractivity (Wildman–Crippen MR) is 155 cm³/mol. The van der Waals surface area contributed by atoms with Gasteiger partial charge in [-0.2, -0.15) is 4.98 Å². The van der Waals surface area contributed by atoms with E-state index in [9.17, 15) is 9.59 Å². The summed E-state index contributed by atoms with van der Waals surface area (Å²) >= 11 is 0. The van der Waals surface area contributed by atoms with E-state index in [2.05, 4.69) is 20.3 Å². The summed E-state index contributed by atoms with van der Waals surface area (Å²) in [6, 6.07) is 15.1. The lowest BCUT2D eigenvalue weighted by atomic mass is 10.1. The molecule has 1 N–H and O–H groups in total. The number of amides is 2. The minimum atomic E-state index is -0.838. The van der Waals surface area contributed by atoms with Gasteiger partial charge in [0, 0.05) is 51.2 Å². The second-order valence-electron chi connectivity index (χ2n) is 9.96. The van der Waals surface area contributed by atoms with Crippen molar-refractivity contribution >= 4 is 17.8 Å². The number of aromatic nitrogens is 4. The second-order valence-corrected chi connectivity index (χ2v) is 9.96. The van der Waals surface area contributed by atoms with Crippen LogP contribution in [-0.4, -0.2) is 88.5 Å². The third-order valence-electron chi connectivity index (χ3n) is 7.20. The summed E-state index contributed by atoms with van der Waals surface area (Å²) < 4.78 is 24.3. The number of carbonyl (C=O) groups is 2. The largest absolute Gasteiger partial charge is 0.497 e. The lowest BCUT2D eigenvalue weighted by Crippen LogP contribution is -2.61. The Morgan fingerprint density at radius 1 is 1.02 bits per heavy atom. The first-order chi connectivity index (χ1) is 21.1. The van der Waals surface area contributed by atoms with Crippen LogP contribution in [0.25, 0.3) is 5.95 Å². The summed E-state index contributed by atoms with van der Waals surface area (Å²) in [5.41, 5.74) is 0. The fourth-order valence-corrected chi connectivity index (χ4v) is 4.93. The molecule has 13 heteroatoms. The maximum Gasteiger partial charge on any atom is 0.416 e. The second kappa shape index (κ2) is 12.7. The third kappa shape index (κ3) is 6.45. The molecular formula is C30H31N7O6. The summed E-state index contributed by atoms with van der Waals surface area (Å²) in [5.74, 6) is 3.15. The van der Waals surface area contributed by atoms with Crippen molar-refractivity contribution < 1.29 is 28.5 Å². The Kier molecular flexibility index (Phi) is 8.20. The van der Waals surface area contributed by atoms with E-state index in [0.717, 1.165) is 0 Å². The van der Waals surface area contributed by atoms with Gasteiger partial charge in [-0.15, -0.1) is 0 Å². The van der Waals surface area contributed by atoms with Crippen LogP contribution in [0.5, 0.6) is 23.0 Å². The first-order valence-electron chi connectivity index (χ1n) is 13.9. The highest BCUT2D eigenvalue weighted by atomic mass is 16.6. The molecule has 2 aromatic heterocycles. The molecule has 43 heavy (non-hydrogen) atoms. The van der Waals surface area contributed by atoms with Crippen LogP contribution in [0, 0.1) is 0 Å². The topological polar surface area (TPSA) is 133 Å². The molecule has 0 saturated carbocycles. The van der Waals surface area contributed by atoms with Crippen molar-refractivity contribution in [3.05, 3.63) is 79.5 Å². The number of anilines is 1. The molecule has 1 fully saturated rings. The Labute approximate surface area is 248 Å². The average molecular weight is 586 g/mol. The van der Waals surface area contributed by atoms with Crippen LogP contribution < -0.4 is 29.2 Å². The zero-order valence-corrected chi connectivity index (χ0v) is 23.5. The number of piperazine rings is 1. The summed E-state index contributed by atoms with van der Waals surface area (Å²) in [6.07, 6.45) is 6.37. The quantitative estimate of drug-likeness (QED) is 0.329. The normalized spacial score (nSPS) is 17.7. The van der Waals surface area contributed by atoms with Crippen molar-refractivity contribution in [2.24, 2.45) is 0 Å². The maximum atomic E-state index is 13.6. The number of fused-ring (bicyclic) bond motifs is 1. The Bertz CT molecular complexity index is 1550. The van der Waals surface area contributed by atoms with Gasteiger partial charge in [0.05, 0.1) is 7.11 Å². The molecule has 2 amide bonds. The van der Waals surface area contributed by atoms with Crippen molar-refractivity contribution in [1.82, 2.24) is 29.7 Å². The van der Waals surface area contributed by atoms with E-state index < -0.39 is 12.1 Å². The summed E-state index contributed by atoms with van der Waals surface area (Å²) in [6.45, 7) is 1.62. The number of para-hydroxylation sites is 2. The predicted octanol–water partition coefficient (Wildman–Crippen LogP) is 2.71. The molecule has 0 spiro atoms. The van der Waals surface area contributed by atoms with Crippen LogP contribution in [0.3, 0.4) is 0 Å². The molecule has 0 aliphatic carbocycles. The third-order valence-corrected chi connectivity index (χ3v) is 7.20. The van der Waals surface area contributed by atoms with Crippen molar-refractivity contribution in [3.63, 3.8) is 0 Å². The minimum Gasteiger partial charge on any atom is -0.497 e. The van der Waals surface area contributed by atoms with Crippen LogP contribution in [0.15, 0.2) is 79.5 Å². The number of hydrogen-bond donors (Lipinski definition) is 1. The highest BCUT2D eigenvalue weighted by Gasteiger charge is 2.37. The van der Waals surface area contributed by atoms with Gasteiger partial charge in [0.25, 0.3) is 0 Å². The average Bonchev–Trinajstić information content (AvgIpc) is 3.60. The van der Waals surface area contributed by atoms with Crippen LogP contribution >= 0.6 is 0 Å². The van der Waals surface area contributed by atoms with E-state index >= 15 is 0 Å². The lowest BCUT2D eigenvalue weighted by molar-refractivity contribution is -0.126. The van der Waals surface area contributed by atoms with E-state index in [4.69, 9.17) is 18.9 Å². The number of nitrogens with zero attached hydrogens (tertiary/aromatic N) is 6. The molecule has 6 rings (SSSR count). The monoisotopic (exact) mass is 585 g/mol. The van der Waals surface area contributed by atoms with Crippen LogP contribution in [0.1, 0.15) is 6.42 Å². The van der Waals surface area contributed by atoms with E-state index in [-0.39, 0.29) is 25.1 Å². The van der Waals surface area contributed by atoms with Gasteiger partial charge in [0.15, 0.2) is 11.5 Å². The smallest absolute Gasteiger partial charge is 0.416 e. The highest BCUT2D eigenvalue weighted by molar-refractivity contribution is 5.87. The number of rotatable bonds is 8. The number of methoxy groups -OCH3 is 1. The molecule has 1 saturated heterocycles.